The van der Waals surface area contributed by atoms with Crippen molar-refractivity contribution in [1.82, 2.24) is 0 Å². The van der Waals surface area contributed by atoms with E-state index in [0.717, 1.165) is 18.4 Å². The molecule has 0 saturated carbocycles. The van der Waals surface area contributed by atoms with E-state index in [1.54, 1.807) is 20.1 Å². The SMILES string of the molecule is C=CCCCOc1ccc([C@H](C)O)cc1OC. The zero-order chi connectivity index (χ0) is 12.7. The second kappa shape index (κ2) is 6.97. The van der Waals surface area contributed by atoms with Gasteiger partial charge in [-0.2, -0.15) is 0 Å². The Hall–Kier alpha value is -1.48. The highest BCUT2D eigenvalue weighted by molar-refractivity contribution is 5.43. The summed E-state index contributed by atoms with van der Waals surface area (Å²) in [4.78, 5) is 0. The van der Waals surface area contributed by atoms with Gasteiger partial charge in [0.2, 0.25) is 0 Å². The van der Waals surface area contributed by atoms with Gasteiger partial charge in [0.15, 0.2) is 11.5 Å². The summed E-state index contributed by atoms with van der Waals surface area (Å²) in [5.41, 5.74) is 0.820. The van der Waals surface area contributed by atoms with E-state index in [9.17, 15) is 5.11 Å². The van der Waals surface area contributed by atoms with Crippen molar-refractivity contribution in [3.63, 3.8) is 0 Å². The lowest BCUT2D eigenvalue weighted by Crippen LogP contribution is -2.00. The first-order valence-corrected chi connectivity index (χ1v) is 5.78. The largest absolute Gasteiger partial charge is 0.493 e. The third-order valence-corrected chi connectivity index (χ3v) is 2.48. The van der Waals surface area contributed by atoms with Crippen LogP contribution in [0.3, 0.4) is 0 Å². The minimum atomic E-state index is -0.501. The predicted octanol–water partition coefficient (Wildman–Crippen LogP) is 3.09. The maximum atomic E-state index is 9.47. The zero-order valence-electron chi connectivity index (χ0n) is 10.5. The van der Waals surface area contributed by atoms with Crippen LogP contribution in [0.25, 0.3) is 0 Å². The molecular formula is C14H20O3. The minimum absolute atomic E-state index is 0.501. The third kappa shape index (κ3) is 4.11. The Bertz CT molecular complexity index is 358. The maximum absolute atomic E-state index is 9.47. The fraction of sp³-hybridized carbons (Fsp3) is 0.429. The van der Waals surface area contributed by atoms with E-state index in [1.807, 2.05) is 18.2 Å². The van der Waals surface area contributed by atoms with Gasteiger partial charge in [0, 0.05) is 0 Å². The molecule has 0 amide bonds. The van der Waals surface area contributed by atoms with E-state index >= 15 is 0 Å². The molecule has 1 aromatic rings. The van der Waals surface area contributed by atoms with E-state index < -0.39 is 6.10 Å². The van der Waals surface area contributed by atoms with Crippen molar-refractivity contribution in [1.29, 1.82) is 0 Å². The number of hydrogen-bond acceptors (Lipinski definition) is 3. The summed E-state index contributed by atoms with van der Waals surface area (Å²) in [5, 5.41) is 9.47. The lowest BCUT2D eigenvalue weighted by atomic mass is 10.1. The molecule has 1 rings (SSSR count). The van der Waals surface area contributed by atoms with Crippen LogP contribution in [0.1, 0.15) is 31.4 Å². The zero-order valence-corrected chi connectivity index (χ0v) is 10.5. The van der Waals surface area contributed by atoms with Crippen molar-refractivity contribution in [3.8, 4) is 11.5 Å². The molecule has 3 nitrogen and oxygen atoms in total. The first-order chi connectivity index (χ1) is 8.19. The number of hydrogen-bond donors (Lipinski definition) is 1. The first-order valence-electron chi connectivity index (χ1n) is 5.78. The van der Waals surface area contributed by atoms with Crippen LogP contribution in [0.2, 0.25) is 0 Å². The quantitative estimate of drug-likeness (QED) is 0.584. The first kappa shape index (κ1) is 13.6. The highest BCUT2D eigenvalue weighted by Gasteiger charge is 2.08. The van der Waals surface area contributed by atoms with Crippen LogP contribution in [0, 0.1) is 0 Å². The summed E-state index contributed by atoms with van der Waals surface area (Å²) in [7, 11) is 1.59. The van der Waals surface area contributed by atoms with Gasteiger partial charge in [-0.05, 0) is 37.5 Å². The number of aliphatic hydroxyl groups is 1. The Balaban J connectivity index is 2.68. The molecule has 0 fully saturated rings. The summed E-state index contributed by atoms with van der Waals surface area (Å²) >= 11 is 0. The molecule has 0 unspecified atom stereocenters. The molecule has 3 heteroatoms. The van der Waals surface area contributed by atoms with Crippen LogP contribution in [0.5, 0.6) is 11.5 Å². The van der Waals surface area contributed by atoms with E-state index in [-0.39, 0.29) is 0 Å². The second-order valence-electron chi connectivity index (χ2n) is 3.87. The van der Waals surface area contributed by atoms with Crippen molar-refractivity contribution in [3.05, 3.63) is 36.4 Å². The molecule has 0 aromatic heterocycles. The summed E-state index contributed by atoms with van der Waals surface area (Å²) in [6, 6.07) is 5.47. The molecule has 0 aliphatic heterocycles. The smallest absolute Gasteiger partial charge is 0.161 e. The van der Waals surface area contributed by atoms with E-state index in [2.05, 4.69) is 6.58 Å². The van der Waals surface area contributed by atoms with Gasteiger partial charge in [0.1, 0.15) is 0 Å². The van der Waals surface area contributed by atoms with Crippen molar-refractivity contribution < 1.29 is 14.6 Å². The van der Waals surface area contributed by atoms with Gasteiger partial charge in [0.05, 0.1) is 19.8 Å². The normalized spacial score (nSPS) is 11.9. The molecule has 94 valence electrons. The van der Waals surface area contributed by atoms with Crippen molar-refractivity contribution in [2.75, 3.05) is 13.7 Å². The minimum Gasteiger partial charge on any atom is -0.493 e. The van der Waals surface area contributed by atoms with Crippen LogP contribution in [0.4, 0.5) is 0 Å². The molecule has 0 bridgehead atoms. The van der Waals surface area contributed by atoms with Gasteiger partial charge >= 0.3 is 0 Å². The van der Waals surface area contributed by atoms with Crippen molar-refractivity contribution >= 4 is 0 Å². The van der Waals surface area contributed by atoms with Gasteiger partial charge in [-0.3, -0.25) is 0 Å². The Morgan fingerprint density at radius 3 is 2.76 bits per heavy atom. The van der Waals surface area contributed by atoms with E-state index in [0.29, 0.717) is 18.1 Å². The lowest BCUT2D eigenvalue weighted by Gasteiger charge is -2.13. The predicted molar refractivity (Wildman–Crippen MR) is 68.6 cm³/mol. The number of unbranched alkanes of at least 4 members (excludes halogenated alkanes) is 1. The topological polar surface area (TPSA) is 38.7 Å². The molecule has 1 atom stereocenters. The van der Waals surface area contributed by atoms with Gasteiger partial charge in [-0.25, -0.2) is 0 Å². The molecule has 0 saturated heterocycles. The van der Waals surface area contributed by atoms with Crippen LogP contribution in [-0.2, 0) is 0 Å². The fourth-order valence-corrected chi connectivity index (χ4v) is 1.47. The lowest BCUT2D eigenvalue weighted by molar-refractivity contribution is 0.198. The average molecular weight is 236 g/mol. The summed E-state index contributed by atoms with van der Waals surface area (Å²) in [6.07, 6.45) is 3.24. The summed E-state index contributed by atoms with van der Waals surface area (Å²) in [5.74, 6) is 1.36. The second-order valence-corrected chi connectivity index (χ2v) is 3.87. The number of methoxy groups -OCH3 is 1. The summed E-state index contributed by atoms with van der Waals surface area (Å²) in [6.45, 7) is 6.02. The van der Waals surface area contributed by atoms with Crippen LogP contribution < -0.4 is 9.47 Å². The average Bonchev–Trinajstić information content (AvgIpc) is 2.34. The van der Waals surface area contributed by atoms with Crippen molar-refractivity contribution in [2.24, 2.45) is 0 Å². The van der Waals surface area contributed by atoms with Gasteiger partial charge in [-0.1, -0.05) is 12.1 Å². The Kier molecular flexibility index (Phi) is 5.57. The molecule has 1 aromatic carbocycles. The Morgan fingerprint density at radius 2 is 2.18 bits per heavy atom. The Morgan fingerprint density at radius 1 is 1.41 bits per heavy atom. The van der Waals surface area contributed by atoms with E-state index in [1.165, 1.54) is 0 Å². The number of rotatable bonds is 7. The monoisotopic (exact) mass is 236 g/mol. The number of benzene rings is 1. The standard InChI is InChI=1S/C14H20O3/c1-4-5-6-9-17-13-8-7-12(11(2)15)10-14(13)16-3/h4,7-8,10-11,15H,1,5-6,9H2,2-3H3/t11-/m0/s1. The maximum Gasteiger partial charge on any atom is 0.161 e. The Labute approximate surface area is 103 Å². The van der Waals surface area contributed by atoms with Gasteiger partial charge < -0.3 is 14.6 Å². The van der Waals surface area contributed by atoms with Crippen molar-refractivity contribution in [2.45, 2.75) is 25.9 Å². The van der Waals surface area contributed by atoms with Crippen LogP contribution >= 0.6 is 0 Å². The van der Waals surface area contributed by atoms with E-state index in [4.69, 9.17) is 9.47 Å². The van der Waals surface area contributed by atoms with Crippen LogP contribution in [0.15, 0.2) is 30.9 Å². The summed E-state index contributed by atoms with van der Waals surface area (Å²) < 4.78 is 10.8. The number of ether oxygens (including phenoxy) is 2. The van der Waals surface area contributed by atoms with Crippen LogP contribution in [-0.4, -0.2) is 18.8 Å². The van der Waals surface area contributed by atoms with Gasteiger partial charge in [-0.15, -0.1) is 6.58 Å². The molecule has 0 spiro atoms. The molecule has 0 aliphatic rings. The number of allylic oxidation sites excluding steroid dienone is 1. The molecule has 0 heterocycles. The molecule has 17 heavy (non-hydrogen) atoms. The molecule has 0 radical (unpaired) electrons. The third-order valence-electron chi connectivity index (χ3n) is 2.48. The number of aliphatic hydroxyl groups excluding tert-OH is 1. The highest BCUT2D eigenvalue weighted by atomic mass is 16.5. The molecular weight excluding hydrogens is 216 g/mol. The fourth-order valence-electron chi connectivity index (χ4n) is 1.47. The molecule has 1 N–H and O–H groups in total. The highest BCUT2D eigenvalue weighted by Crippen LogP contribution is 2.30. The molecule has 0 aliphatic carbocycles. The van der Waals surface area contributed by atoms with Gasteiger partial charge in [0.25, 0.3) is 0 Å².